The molecule has 0 fully saturated rings. The summed E-state index contributed by atoms with van der Waals surface area (Å²) < 4.78 is 15.4. The van der Waals surface area contributed by atoms with E-state index in [1.54, 1.807) is 19.1 Å². The number of nitrogens with zero attached hydrogens (tertiary/aromatic N) is 2. The van der Waals surface area contributed by atoms with Crippen molar-refractivity contribution >= 4 is 11.6 Å². The molecule has 6 heteroatoms. The van der Waals surface area contributed by atoms with Gasteiger partial charge in [0.05, 0.1) is 0 Å². The molecule has 0 aliphatic heterocycles. The Hall–Kier alpha value is -3.28. The number of para-hydroxylation sites is 1. The number of benzene rings is 2. The minimum Gasteiger partial charge on any atom is -0.320 e. The van der Waals surface area contributed by atoms with E-state index in [-0.39, 0.29) is 11.4 Å². The van der Waals surface area contributed by atoms with Crippen molar-refractivity contribution in [2.45, 2.75) is 27.7 Å². The summed E-state index contributed by atoms with van der Waals surface area (Å²) in [6, 6.07) is 11.2. The van der Waals surface area contributed by atoms with Crippen molar-refractivity contribution in [1.29, 1.82) is 0 Å². The molecule has 2 aromatic carbocycles. The lowest BCUT2D eigenvalue weighted by Crippen LogP contribution is -2.27. The molecule has 1 aromatic heterocycles. The molecule has 1 N–H and O–H groups in total. The molecule has 0 atom stereocenters. The number of hydrogen-bond acceptors (Lipinski definition) is 3. The zero-order chi connectivity index (χ0) is 19.7. The average molecular weight is 365 g/mol. The van der Waals surface area contributed by atoms with Crippen LogP contribution in [0, 0.1) is 33.5 Å². The summed E-state index contributed by atoms with van der Waals surface area (Å²) in [4.78, 5) is 25.1. The topological polar surface area (TPSA) is 64.0 Å². The molecular formula is C21H20FN3O2. The molecule has 0 radical (unpaired) electrons. The Labute approximate surface area is 156 Å². The smallest absolute Gasteiger partial charge is 0.280 e. The van der Waals surface area contributed by atoms with Crippen molar-refractivity contribution in [3.8, 4) is 5.69 Å². The molecule has 0 bridgehead atoms. The Balaban J connectivity index is 2.05. The van der Waals surface area contributed by atoms with Gasteiger partial charge < -0.3 is 5.32 Å². The lowest BCUT2D eigenvalue weighted by molar-refractivity contribution is 0.101. The first-order valence-corrected chi connectivity index (χ1v) is 8.53. The molecule has 1 amide bonds. The van der Waals surface area contributed by atoms with Gasteiger partial charge in [-0.2, -0.15) is 5.10 Å². The molecule has 1 heterocycles. The largest absolute Gasteiger partial charge is 0.320 e. The molecule has 3 aromatic rings. The minimum absolute atomic E-state index is 0.173. The minimum atomic E-state index is -0.625. The molecule has 0 aliphatic carbocycles. The van der Waals surface area contributed by atoms with E-state index in [1.807, 2.05) is 32.9 Å². The predicted molar refractivity (Wildman–Crippen MR) is 103 cm³/mol. The maximum Gasteiger partial charge on any atom is 0.280 e. The van der Waals surface area contributed by atoms with E-state index in [0.717, 1.165) is 16.7 Å². The normalized spacial score (nSPS) is 10.7. The van der Waals surface area contributed by atoms with Crippen molar-refractivity contribution in [2.24, 2.45) is 0 Å². The molecule has 138 valence electrons. The van der Waals surface area contributed by atoms with Crippen molar-refractivity contribution < 1.29 is 9.18 Å². The number of anilines is 1. The molecule has 0 saturated carbocycles. The number of carbonyl (C=O) groups is 1. The van der Waals surface area contributed by atoms with Gasteiger partial charge in [-0.05, 0) is 51.0 Å². The summed E-state index contributed by atoms with van der Waals surface area (Å²) in [6.45, 7) is 7.38. The molecule has 0 unspecified atom stereocenters. The molecule has 5 nitrogen and oxygen atoms in total. The average Bonchev–Trinajstić information content (AvgIpc) is 2.59. The second-order valence-corrected chi connectivity index (χ2v) is 6.59. The van der Waals surface area contributed by atoms with Crippen molar-refractivity contribution in [1.82, 2.24) is 9.78 Å². The van der Waals surface area contributed by atoms with Crippen LogP contribution in [0.4, 0.5) is 10.1 Å². The second kappa shape index (κ2) is 7.15. The number of halogens is 1. The number of rotatable bonds is 3. The molecule has 0 spiro atoms. The maximum atomic E-state index is 14.1. The SMILES string of the molecule is Cc1cc(C)c(NC(=O)c2nn(-c3ccccc3F)c(C)cc2=O)c(C)c1. The lowest BCUT2D eigenvalue weighted by atomic mass is 10.0. The van der Waals surface area contributed by atoms with Crippen molar-refractivity contribution in [2.75, 3.05) is 5.32 Å². The van der Waals surface area contributed by atoms with E-state index in [2.05, 4.69) is 10.4 Å². The van der Waals surface area contributed by atoms with Crippen LogP contribution in [-0.4, -0.2) is 15.7 Å². The molecular weight excluding hydrogens is 345 g/mol. The highest BCUT2D eigenvalue weighted by Gasteiger charge is 2.18. The van der Waals surface area contributed by atoms with Gasteiger partial charge in [-0.1, -0.05) is 29.8 Å². The van der Waals surface area contributed by atoms with Gasteiger partial charge in [0.15, 0.2) is 5.69 Å². The van der Waals surface area contributed by atoms with Crippen LogP contribution in [0.25, 0.3) is 5.69 Å². The van der Waals surface area contributed by atoms with Crippen LogP contribution in [0.2, 0.25) is 0 Å². The third kappa shape index (κ3) is 3.65. The first kappa shape index (κ1) is 18.5. The first-order chi connectivity index (χ1) is 12.8. The van der Waals surface area contributed by atoms with Crippen LogP contribution >= 0.6 is 0 Å². The molecule has 0 saturated heterocycles. The quantitative estimate of drug-likeness (QED) is 0.767. The van der Waals surface area contributed by atoms with Crippen LogP contribution in [0.3, 0.4) is 0 Å². The van der Waals surface area contributed by atoms with E-state index in [4.69, 9.17) is 0 Å². The zero-order valence-corrected chi connectivity index (χ0v) is 15.6. The van der Waals surface area contributed by atoms with Gasteiger partial charge in [0.1, 0.15) is 11.5 Å². The Morgan fingerprint density at radius 2 is 1.67 bits per heavy atom. The van der Waals surface area contributed by atoms with E-state index < -0.39 is 17.2 Å². The maximum absolute atomic E-state index is 14.1. The highest BCUT2D eigenvalue weighted by Crippen LogP contribution is 2.22. The van der Waals surface area contributed by atoms with Gasteiger partial charge in [-0.25, -0.2) is 9.07 Å². The fraction of sp³-hybridized carbons (Fsp3) is 0.190. The van der Waals surface area contributed by atoms with E-state index in [0.29, 0.717) is 11.4 Å². The van der Waals surface area contributed by atoms with Crippen LogP contribution in [-0.2, 0) is 0 Å². The summed E-state index contributed by atoms with van der Waals surface area (Å²) >= 11 is 0. The molecule has 27 heavy (non-hydrogen) atoms. The van der Waals surface area contributed by atoms with E-state index in [1.165, 1.54) is 22.9 Å². The summed E-state index contributed by atoms with van der Waals surface area (Å²) in [5.41, 5.74) is 3.31. The number of hydrogen-bond donors (Lipinski definition) is 1. The van der Waals surface area contributed by atoms with Crippen LogP contribution < -0.4 is 10.7 Å². The number of amides is 1. The fourth-order valence-corrected chi connectivity index (χ4v) is 3.12. The van der Waals surface area contributed by atoms with Crippen molar-refractivity contribution in [3.05, 3.63) is 86.6 Å². The fourth-order valence-electron chi connectivity index (χ4n) is 3.12. The second-order valence-electron chi connectivity index (χ2n) is 6.59. The first-order valence-electron chi connectivity index (χ1n) is 8.53. The third-order valence-corrected chi connectivity index (χ3v) is 4.32. The number of aryl methyl sites for hydroxylation is 4. The van der Waals surface area contributed by atoms with E-state index >= 15 is 0 Å². The van der Waals surface area contributed by atoms with Gasteiger partial charge in [0, 0.05) is 17.4 Å². The summed E-state index contributed by atoms with van der Waals surface area (Å²) in [6.07, 6.45) is 0. The third-order valence-electron chi connectivity index (χ3n) is 4.32. The van der Waals surface area contributed by atoms with E-state index in [9.17, 15) is 14.0 Å². The van der Waals surface area contributed by atoms with Crippen molar-refractivity contribution in [3.63, 3.8) is 0 Å². The Morgan fingerprint density at radius 1 is 1.04 bits per heavy atom. The molecule has 3 rings (SSSR count). The number of nitrogens with one attached hydrogen (secondary N) is 1. The van der Waals surface area contributed by atoms with Gasteiger partial charge in [0.25, 0.3) is 5.91 Å². The summed E-state index contributed by atoms with van der Waals surface area (Å²) in [5.74, 6) is -1.12. The van der Waals surface area contributed by atoms with Gasteiger partial charge in [-0.15, -0.1) is 0 Å². The predicted octanol–water partition coefficient (Wildman–Crippen LogP) is 3.86. The highest BCUT2D eigenvalue weighted by molar-refractivity contribution is 6.03. The number of aromatic nitrogens is 2. The Bertz CT molecular complexity index is 1080. The van der Waals surface area contributed by atoms with Crippen LogP contribution in [0.5, 0.6) is 0 Å². The standard InChI is InChI=1S/C21H20FN3O2/c1-12-9-13(2)19(14(3)10-12)23-21(27)20-18(26)11-15(4)25(24-20)17-8-6-5-7-16(17)22/h5-11H,1-4H3,(H,23,27). The lowest BCUT2D eigenvalue weighted by Gasteiger charge is -2.14. The Morgan fingerprint density at radius 3 is 2.30 bits per heavy atom. The number of carbonyl (C=O) groups excluding carboxylic acids is 1. The monoisotopic (exact) mass is 365 g/mol. The molecule has 0 aliphatic rings. The highest BCUT2D eigenvalue weighted by atomic mass is 19.1. The zero-order valence-electron chi connectivity index (χ0n) is 15.6. The van der Waals surface area contributed by atoms with Gasteiger partial charge in [-0.3, -0.25) is 9.59 Å². The van der Waals surface area contributed by atoms with Gasteiger partial charge in [0.2, 0.25) is 5.43 Å². The summed E-state index contributed by atoms with van der Waals surface area (Å²) in [5, 5.41) is 6.90. The van der Waals surface area contributed by atoms with Gasteiger partial charge >= 0.3 is 0 Å². The van der Waals surface area contributed by atoms with Crippen LogP contribution in [0.1, 0.15) is 32.9 Å². The summed E-state index contributed by atoms with van der Waals surface area (Å²) in [7, 11) is 0. The Kier molecular flexibility index (Phi) is 4.90. The van der Waals surface area contributed by atoms with Crippen LogP contribution in [0.15, 0.2) is 47.3 Å².